The van der Waals surface area contributed by atoms with Crippen LogP contribution in [0.25, 0.3) is 0 Å². The minimum Gasteiger partial charge on any atom is -0.396 e. The summed E-state index contributed by atoms with van der Waals surface area (Å²) >= 11 is 0. The Labute approximate surface area is 99.9 Å². The highest BCUT2D eigenvalue weighted by molar-refractivity contribution is 4.91. The Bertz CT molecular complexity index is 208. The summed E-state index contributed by atoms with van der Waals surface area (Å²) in [6.07, 6.45) is 5.04. The first-order chi connectivity index (χ1) is 7.55. The summed E-state index contributed by atoms with van der Waals surface area (Å²) in [5.74, 6) is 0. The van der Waals surface area contributed by atoms with Gasteiger partial charge in [-0.25, -0.2) is 0 Å². The third kappa shape index (κ3) is 7.67. The predicted molar refractivity (Wildman–Crippen MR) is 67.0 cm³/mol. The van der Waals surface area contributed by atoms with Crippen molar-refractivity contribution in [1.29, 1.82) is 5.26 Å². The normalized spacial score (nSPS) is 13.4. The Morgan fingerprint density at radius 3 is 2.56 bits per heavy atom. The SMILES string of the molecule is CCC(CCO)NCCCCC(C)(C)C#N. The monoisotopic (exact) mass is 226 g/mol. The van der Waals surface area contributed by atoms with Crippen LogP contribution in [0.15, 0.2) is 0 Å². The van der Waals surface area contributed by atoms with Gasteiger partial charge in [0.1, 0.15) is 0 Å². The van der Waals surface area contributed by atoms with Crippen LogP contribution in [0.3, 0.4) is 0 Å². The lowest BCUT2D eigenvalue weighted by Crippen LogP contribution is -2.30. The summed E-state index contributed by atoms with van der Waals surface area (Å²) in [5.41, 5.74) is -0.185. The fourth-order valence-electron chi connectivity index (χ4n) is 1.66. The average molecular weight is 226 g/mol. The molecule has 0 aromatic carbocycles. The van der Waals surface area contributed by atoms with Gasteiger partial charge in [0.2, 0.25) is 0 Å². The molecule has 94 valence electrons. The predicted octanol–water partition coefficient (Wildman–Crippen LogP) is 2.46. The maximum atomic E-state index is 8.85. The van der Waals surface area contributed by atoms with Crippen molar-refractivity contribution in [1.82, 2.24) is 5.32 Å². The number of aliphatic hydroxyl groups is 1. The highest BCUT2D eigenvalue weighted by Crippen LogP contribution is 2.21. The molecule has 3 nitrogen and oxygen atoms in total. The van der Waals surface area contributed by atoms with E-state index in [9.17, 15) is 0 Å². The lowest BCUT2D eigenvalue weighted by molar-refractivity contribution is 0.262. The van der Waals surface area contributed by atoms with Gasteiger partial charge in [0.15, 0.2) is 0 Å². The summed E-state index contributed by atoms with van der Waals surface area (Å²) in [6.45, 7) is 7.35. The topological polar surface area (TPSA) is 56.0 Å². The smallest absolute Gasteiger partial charge is 0.0683 e. The van der Waals surface area contributed by atoms with E-state index in [2.05, 4.69) is 18.3 Å². The molecule has 0 aromatic heterocycles. The Morgan fingerprint density at radius 2 is 2.06 bits per heavy atom. The maximum absolute atomic E-state index is 8.85. The molecule has 0 spiro atoms. The van der Waals surface area contributed by atoms with Gasteiger partial charge in [-0.1, -0.05) is 13.3 Å². The Hall–Kier alpha value is -0.590. The highest BCUT2D eigenvalue weighted by atomic mass is 16.3. The Morgan fingerprint density at radius 1 is 1.38 bits per heavy atom. The first-order valence-corrected chi connectivity index (χ1v) is 6.31. The van der Waals surface area contributed by atoms with Gasteiger partial charge >= 0.3 is 0 Å². The van der Waals surface area contributed by atoms with E-state index in [0.717, 1.165) is 38.6 Å². The molecule has 0 bridgehead atoms. The molecular weight excluding hydrogens is 200 g/mol. The van der Waals surface area contributed by atoms with Crippen molar-refractivity contribution < 1.29 is 5.11 Å². The van der Waals surface area contributed by atoms with E-state index in [4.69, 9.17) is 10.4 Å². The molecule has 0 saturated carbocycles. The summed E-state index contributed by atoms with van der Waals surface area (Å²) in [6, 6.07) is 2.76. The third-order valence-electron chi connectivity index (χ3n) is 2.93. The largest absolute Gasteiger partial charge is 0.396 e. The second-order valence-electron chi connectivity index (χ2n) is 5.02. The average Bonchev–Trinajstić information content (AvgIpc) is 2.27. The fourth-order valence-corrected chi connectivity index (χ4v) is 1.66. The molecule has 3 heteroatoms. The van der Waals surface area contributed by atoms with Crippen LogP contribution < -0.4 is 5.32 Å². The van der Waals surface area contributed by atoms with Crippen LogP contribution in [0.2, 0.25) is 0 Å². The number of aliphatic hydroxyl groups excluding tert-OH is 1. The molecule has 0 amide bonds. The van der Waals surface area contributed by atoms with Gasteiger partial charge in [0, 0.05) is 12.6 Å². The summed E-state index contributed by atoms with van der Waals surface area (Å²) < 4.78 is 0. The zero-order valence-electron chi connectivity index (χ0n) is 10.9. The van der Waals surface area contributed by atoms with Crippen molar-refractivity contribution in [3.05, 3.63) is 0 Å². The molecule has 0 aliphatic heterocycles. The van der Waals surface area contributed by atoms with Crippen LogP contribution >= 0.6 is 0 Å². The molecule has 0 aromatic rings. The zero-order valence-corrected chi connectivity index (χ0v) is 10.9. The van der Waals surface area contributed by atoms with Gasteiger partial charge in [-0.3, -0.25) is 0 Å². The fraction of sp³-hybridized carbons (Fsp3) is 0.923. The van der Waals surface area contributed by atoms with E-state index in [1.165, 1.54) is 0 Å². The first kappa shape index (κ1) is 15.4. The van der Waals surface area contributed by atoms with Gasteiger partial charge in [-0.15, -0.1) is 0 Å². The Kier molecular flexibility index (Phi) is 8.23. The van der Waals surface area contributed by atoms with Crippen molar-refractivity contribution >= 4 is 0 Å². The van der Waals surface area contributed by atoms with Crippen molar-refractivity contribution in [3.8, 4) is 6.07 Å². The van der Waals surface area contributed by atoms with Gasteiger partial charge in [-0.2, -0.15) is 5.26 Å². The molecule has 1 atom stereocenters. The van der Waals surface area contributed by atoms with E-state index in [-0.39, 0.29) is 12.0 Å². The molecule has 0 fully saturated rings. The molecule has 1 unspecified atom stereocenters. The van der Waals surface area contributed by atoms with Crippen LogP contribution in [-0.4, -0.2) is 24.3 Å². The molecule has 0 aliphatic rings. The third-order valence-corrected chi connectivity index (χ3v) is 2.93. The minimum absolute atomic E-state index is 0.185. The van der Waals surface area contributed by atoms with Crippen LogP contribution in [0.1, 0.15) is 52.9 Å². The van der Waals surface area contributed by atoms with Crippen LogP contribution in [0.4, 0.5) is 0 Å². The quantitative estimate of drug-likeness (QED) is 0.594. The van der Waals surface area contributed by atoms with E-state index in [0.29, 0.717) is 6.04 Å². The summed E-state index contributed by atoms with van der Waals surface area (Å²) in [7, 11) is 0. The van der Waals surface area contributed by atoms with Gasteiger partial charge in [0.05, 0.1) is 11.5 Å². The molecule has 0 rings (SSSR count). The minimum atomic E-state index is -0.185. The number of nitriles is 1. The highest BCUT2D eigenvalue weighted by Gasteiger charge is 2.15. The summed E-state index contributed by atoms with van der Waals surface area (Å²) in [5, 5.41) is 21.1. The van der Waals surface area contributed by atoms with E-state index in [1.807, 2.05) is 13.8 Å². The number of unbranched alkanes of at least 4 members (excludes halogenated alkanes) is 1. The van der Waals surface area contributed by atoms with Gasteiger partial charge in [0.25, 0.3) is 0 Å². The number of hydrogen-bond acceptors (Lipinski definition) is 3. The molecular formula is C13H26N2O. The molecule has 16 heavy (non-hydrogen) atoms. The number of nitrogens with zero attached hydrogens (tertiary/aromatic N) is 1. The number of rotatable bonds is 9. The molecule has 0 heterocycles. The second kappa shape index (κ2) is 8.55. The standard InChI is InChI=1S/C13H26N2O/c1-4-12(7-10-16)15-9-6-5-8-13(2,3)11-14/h12,15-16H,4-10H2,1-3H3. The zero-order chi connectivity index (χ0) is 12.4. The van der Waals surface area contributed by atoms with Crippen LogP contribution in [0, 0.1) is 16.7 Å². The van der Waals surface area contributed by atoms with Crippen molar-refractivity contribution in [3.63, 3.8) is 0 Å². The number of nitrogens with one attached hydrogen (secondary N) is 1. The van der Waals surface area contributed by atoms with E-state index in [1.54, 1.807) is 0 Å². The lowest BCUT2D eigenvalue weighted by atomic mass is 9.89. The van der Waals surface area contributed by atoms with Crippen molar-refractivity contribution in [2.24, 2.45) is 5.41 Å². The van der Waals surface area contributed by atoms with Crippen molar-refractivity contribution in [2.75, 3.05) is 13.2 Å². The number of hydrogen-bond donors (Lipinski definition) is 2. The Balaban J connectivity index is 3.50. The maximum Gasteiger partial charge on any atom is 0.0683 e. The molecule has 2 N–H and O–H groups in total. The summed E-state index contributed by atoms with van der Waals surface area (Å²) in [4.78, 5) is 0. The van der Waals surface area contributed by atoms with Crippen LogP contribution in [0.5, 0.6) is 0 Å². The lowest BCUT2D eigenvalue weighted by Gasteiger charge is -2.17. The van der Waals surface area contributed by atoms with Gasteiger partial charge < -0.3 is 10.4 Å². The first-order valence-electron chi connectivity index (χ1n) is 6.31. The van der Waals surface area contributed by atoms with E-state index < -0.39 is 0 Å². The molecule has 0 saturated heterocycles. The van der Waals surface area contributed by atoms with E-state index >= 15 is 0 Å². The molecule has 0 aliphatic carbocycles. The van der Waals surface area contributed by atoms with Gasteiger partial charge in [-0.05, 0) is 46.1 Å². The van der Waals surface area contributed by atoms with Crippen molar-refractivity contribution in [2.45, 2.75) is 58.9 Å². The second-order valence-corrected chi connectivity index (χ2v) is 5.02. The van der Waals surface area contributed by atoms with Crippen LogP contribution in [-0.2, 0) is 0 Å². The molecule has 0 radical (unpaired) electrons.